The summed E-state index contributed by atoms with van der Waals surface area (Å²) >= 11 is 1.68. The number of anilines is 2. The van der Waals surface area contributed by atoms with Crippen molar-refractivity contribution in [3.05, 3.63) is 77.2 Å². The summed E-state index contributed by atoms with van der Waals surface area (Å²) in [6, 6.07) is 11.7. The van der Waals surface area contributed by atoms with Crippen molar-refractivity contribution in [3.63, 3.8) is 0 Å². The van der Waals surface area contributed by atoms with E-state index in [4.69, 9.17) is 0 Å². The zero-order chi connectivity index (χ0) is 20.8. The molecule has 7 heteroatoms. The molecule has 4 heterocycles. The van der Waals surface area contributed by atoms with Crippen LogP contribution in [0.3, 0.4) is 0 Å². The van der Waals surface area contributed by atoms with Crippen molar-refractivity contribution in [3.8, 4) is 0 Å². The number of nitrogens with zero attached hydrogens (tertiary/aromatic N) is 3. The predicted octanol–water partition coefficient (Wildman–Crippen LogP) is 4.88. The maximum Gasteiger partial charge on any atom is 0.275 e. The quantitative estimate of drug-likeness (QED) is 0.518. The van der Waals surface area contributed by atoms with Crippen LogP contribution in [0.25, 0.3) is 10.1 Å². The smallest absolute Gasteiger partial charge is 0.275 e. The highest BCUT2D eigenvalue weighted by atomic mass is 32.1. The fraction of sp³-hybridized carbons (Fsp3) is 0.174. The summed E-state index contributed by atoms with van der Waals surface area (Å²) in [5, 5.41) is 6.05. The number of hydrogen-bond acceptors (Lipinski definition) is 4. The monoisotopic (exact) mass is 416 g/mol. The van der Waals surface area contributed by atoms with Gasteiger partial charge in [-0.05, 0) is 66.6 Å². The normalized spacial score (nSPS) is 16.0. The van der Waals surface area contributed by atoms with Crippen molar-refractivity contribution >= 4 is 44.6 Å². The van der Waals surface area contributed by atoms with Gasteiger partial charge in [-0.1, -0.05) is 0 Å². The van der Waals surface area contributed by atoms with E-state index < -0.39 is 0 Å². The summed E-state index contributed by atoms with van der Waals surface area (Å²) in [6.07, 6.45) is 5.11. The largest absolute Gasteiger partial charge is 0.338 e. The van der Waals surface area contributed by atoms with Crippen molar-refractivity contribution in [2.75, 3.05) is 16.8 Å². The molecule has 2 amide bonds. The fourth-order valence-electron chi connectivity index (χ4n) is 3.92. The van der Waals surface area contributed by atoms with Crippen molar-refractivity contribution in [1.82, 2.24) is 9.55 Å². The molecule has 1 aromatic carbocycles. The number of nitrogens with one attached hydrogen (secondary N) is 1. The molecule has 150 valence electrons. The molecule has 1 N–H and O–H groups in total. The molecule has 1 aliphatic heterocycles. The third-order valence-corrected chi connectivity index (χ3v) is 6.46. The van der Waals surface area contributed by atoms with Crippen molar-refractivity contribution in [1.29, 1.82) is 0 Å². The van der Waals surface area contributed by atoms with E-state index >= 15 is 0 Å². The van der Waals surface area contributed by atoms with Gasteiger partial charge in [0.05, 0.1) is 17.4 Å². The Morgan fingerprint density at radius 3 is 2.93 bits per heavy atom. The maximum absolute atomic E-state index is 13.5. The second-order valence-electron chi connectivity index (χ2n) is 7.54. The SMILES string of the molecule is Cc1ccncc1NC(=O)c1ccn2c1C(=O)N(c1ccc3sccc3c1)C[C@@H]2C. The van der Waals surface area contributed by atoms with E-state index in [-0.39, 0.29) is 17.9 Å². The Morgan fingerprint density at radius 2 is 2.10 bits per heavy atom. The lowest BCUT2D eigenvalue weighted by molar-refractivity contribution is 0.0942. The molecule has 6 nitrogen and oxygen atoms in total. The Labute approximate surface area is 177 Å². The second kappa shape index (κ2) is 7.11. The zero-order valence-corrected chi connectivity index (χ0v) is 17.4. The lowest BCUT2D eigenvalue weighted by atomic mass is 10.1. The van der Waals surface area contributed by atoms with Crippen molar-refractivity contribution in [2.24, 2.45) is 0 Å². The van der Waals surface area contributed by atoms with E-state index in [9.17, 15) is 9.59 Å². The molecule has 0 aliphatic carbocycles. The summed E-state index contributed by atoms with van der Waals surface area (Å²) in [5.74, 6) is -0.476. The van der Waals surface area contributed by atoms with E-state index in [0.29, 0.717) is 23.5 Å². The Kier molecular flexibility index (Phi) is 4.40. The highest BCUT2D eigenvalue weighted by molar-refractivity contribution is 7.17. The number of thiophene rings is 1. The Balaban J connectivity index is 1.51. The van der Waals surface area contributed by atoms with Crippen LogP contribution in [-0.4, -0.2) is 27.9 Å². The van der Waals surface area contributed by atoms with Gasteiger partial charge in [-0.2, -0.15) is 0 Å². The molecule has 0 unspecified atom stereocenters. The first-order chi connectivity index (χ1) is 14.5. The van der Waals surface area contributed by atoms with Crippen LogP contribution >= 0.6 is 11.3 Å². The first-order valence-corrected chi connectivity index (χ1v) is 10.6. The zero-order valence-electron chi connectivity index (χ0n) is 16.6. The molecule has 1 atom stereocenters. The van der Waals surface area contributed by atoms with Crippen molar-refractivity contribution < 1.29 is 9.59 Å². The molecule has 0 bridgehead atoms. The third kappa shape index (κ3) is 2.98. The van der Waals surface area contributed by atoms with E-state index in [1.165, 1.54) is 4.70 Å². The summed E-state index contributed by atoms with van der Waals surface area (Å²) in [6.45, 7) is 4.51. The summed E-state index contributed by atoms with van der Waals surface area (Å²) in [4.78, 5) is 32.3. The summed E-state index contributed by atoms with van der Waals surface area (Å²) in [5.41, 5.74) is 3.18. The highest BCUT2D eigenvalue weighted by Gasteiger charge is 2.34. The number of aryl methyl sites for hydroxylation is 1. The second-order valence-corrected chi connectivity index (χ2v) is 8.49. The molecule has 5 rings (SSSR count). The van der Waals surface area contributed by atoms with Crippen LogP contribution in [0.1, 0.15) is 39.4 Å². The Morgan fingerprint density at radius 1 is 1.23 bits per heavy atom. The molecule has 0 fully saturated rings. The van der Waals surface area contributed by atoms with Gasteiger partial charge >= 0.3 is 0 Å². The lowest BCUT2D eigenvalue weighted by Gasteiger charge is -2.33. The first kappa shape index (κ1) is 18.6. The predicted molar refractivity (Wildman–Crippen MR) is 120 cm³/mol. The maximum atomic E-state index is 13.5. The number of carbonyl (C=O) groups is 2. The Bertz CT molecular complexity index is 1290. The molecule has 0 saturated carbocycles. The van der Waals surface area contributed by atoms with Crippen LogP contribution in [0, 0.1) is 6.92 Å². The van der Waals surface area contributed by atoms with E-state index in [1.807, 2.05) is 47.3 Å². The van der Waals surface area contributed by atoms with Crippen LogP contribution in [0.5, 0.6) is 0 Å². The van der Waals surface area contributed by atoms with E-state index in [0.717, 1.165) is 16.6 Å². The van der Waals surface area contributed by atoms with Gasteiger partial charge in [-0.3, -0.25) is 14.6 Å². The van der Waals surface area contributed by atoms with Gasteiger partial charge in [0, 0.05) is 35.4 Å². The lowest BCUT2D eigenvalue weighted by Crippen LogP contribution is -2.43. The van der Waals surface area contributed by atoms with Gasteiger partial charge in [0.15, 0.2) is 0 Å². The number of benzene rings is 1. The van der Waals surface area contributed by atoms with Gasteiger partial charge in [0.25, 0.3) is 11.8 Å². The van der Waals surface area contributed by atoms with Crippen LogP contribution in [0.4, 0.5) is 11.4 Å². The van der Waals surface area contributed by atoms with Gasteiger partial charge in [0.1, 0.15) is 5.69 Å². The number of fused-ring (bicyclic) bond motifs is 2. The molecule has 30 heavy (non-hydrogen) atoms. The molecule has 1 aliphatic rings. The molecule has 0 spiro atoms. The van der Waals surface area contributed by atoms with Crippen LogP contribution in [-0.2, 0) is 0 Å². The van der Waals surface area contributed by atoms with Gasteiger partial charge in [0.2, 0.25) is 0 Å². The van der Waals surface area contributed by atoms with Crippen LogP contribution in [0.15, 0.2) is 60.4 Å². The summed E-state index contributed by atoms with van der Waals surface area (Å²) < 4.78 is 3.08. The van der Waals surface area contributed by atoms with E-state index in [1.54, 1.807) is 34.7 Å². The number of carbonyl (C=O) groups excluding carboxylic acids is 2. The van der Waals surface area contributed by atoms with Crippen LogP contribution < -0.4 is 10.2 Å². The molecule has 4 aromatic rings. The average Bonchev–Trinajstić information content (AvgIpc) is 3.39. The first-order valence-electron chi connectivity index (χ1n) is 9.75. The number of amides is 2. The topological polar surface area (TPSA) is 67.2 Å². The molecular weight excluding hydrogens is 396 g/mol. The molecule has 3 aromatic heterocycles. The highest BCUT2D eigenvalue weighted by Crippen LogP contribution is 2.32. The number of hydrogen-bond donors (Lipinski definition) is 1. The van der Waals surface area contributed by atoms with Gasteiger partial charge in [-0.15, -0.1) is 11.3 Å². The number of aromatic nitrogens is 2. The molecule has 0 radical (unpaired) electrons. The standard InChI is InChI=1S/C23H20N4O2S/c1-14-5-8-24-12-19(14)25-22(28)18-6-9-26-15(2)13-27(23(29)21(18)26)17-3-4-20-16(11-17)7-10-30-20/h3-12,15H,13H2,1-2H3,(H,25,28)/t15-/m0/s1. The van der Waals surface area contributed by atoms with Gasteiger partial charge in [-0.25, -0.2) is 0 Å². The summed E-state index contributed by atoms with van der Waals surface area (Å²) in [7, 11) is 0. The third-order valence-electron chi connectivity index (χ3n) is 5.56. The van der Waals surface area contributed by atoms with E-state index in [2.05, 4.69) is 23.3 Å². The number of rotatable bonds is 3. The number of pyridine rings is 1. The molecule has 0 saturated heterocycles. The Hall–Kier alpha value is -3.45. The average molecular weight is 417 g/mol. The minimum absolute atomic E-state index is 0.0533. The minimum Gasteiger partial charge on any atom is -0.338 e. The fourth-order valence-corrected chi connectivity index (χ4v) is 4.69. The van der Waals surface area contributed by atoms with Gasteiger partial charge < -0.3 is 14.8 Å². The minimum atomic E-state index is -0.310. The molecular formula is C23H20N4O2S. The van der Waals surface area contributed by atoms with Crippen LogP contribution in [0.2, 0.25) is 0 Å². The van der Waals surface area contributed by atoms with Crippen molar-refractivity contribution in [2.45, 2.75) is 19.9 Å².